The molecule has 0 unspecified atom stereocenters. The van der Waals surface area contributed by atoms with Gasteiger partial charge in [0.1, 0.15) is 23.5 Å². The van der Waals surface area contributed by atoms with Crippen LogP contribution in [0.1, 0.15) is 24.2 Å². The molecule has 10 nitrogen and oxygen atoms in total. The molecule has 3 amide bonds. The molecule has 3 aromatic rings. The van der Waals surface area contributed by atoms with Crippen molar-refractivity contribution in [3.8, 4) is 5.75 Å². The Morgan fingerprint density at radius 3 is 2.29 bits per heavy atom. The number of aliphatic hydroxyl groups is 1. The first-order chi connectivity index (χ1) is 19.9. The third-order valence-corrected chi connectivity index (χ3v) is 8.33. The summed E-state index contributed by atoms with van der Waals surface area (Å²) < 4.78 is 60.9. The number of halogens is 2. The number of hydrogen-bond donors (Lipinski definition) is 3. The molecule has 0 bridgehead atoms. The Kier molecular flexibility index (Phi) is 9.32. The Morgan fingerprint density at radius 1 is 1.07 bits per heavy atom. The second kappa shape index (κ2) is 12.7. The molecule has 1 aliphatic rings. The number of nitrogens with one attached hydrogen (secondary N) is 2. The highest BCUT2D eigenvalue weighted by Crippen LogP contribution is 2.31. The molecule has 0 saturated heterocycles. The van der Waals surface area contributed by atoms with Gasteiger partial charge in [-0.3, -0.25) is 9.52 Å². The number of ether oxygens (including phenoxy) is 1. The summed E-state index contributed by atoms with van der Waals surface area (Å²) >= 11 is 0. The van der Waals surface area contributed by atoms with Crippen LogP contribution in [0.25, 0.3) is 0 Å². The summed E-state index contributed by atoms with van der Waals surface area (Å²) in [4.78, 5) is 29.2. The third kappa shape index (κ3) is 7.15. The van der Waals surface area contributed by atoms with Gasteiger partial charge in [0.2, 0.25) is 0 Å². The largest absolute Gasteiger partial charge is 0.487 e. The van der Waals surface area contributed by atoms with Gasteiger partial charge in [-0.05, 0) is 73.7 Å². The fourth-order valence-corrected chi connectivity index (χ4v) is 5.49. The molecule has 0 saturated carbocycles. The van der Waals surface area contributed by atoms with Crippen molar-refractivity contribution >= 4 is 33.3 Å². The van der Waals surface area contributed by atoms with E-state index in [-0.39, 0.29) is 47.5 Å². The lowest BCUT2D eigenvalue weighted by Gasteiger charge is -2.38. The van der Waals surface area contributed by atoms with Gasteiger partial charge in [-0.1, -0.05) is 6.92 Å². The van der Waals surface area contributed by atoms with Crippen LogP contribution in [0, 0.1) is 17.6 Å². The van der Waals surface area contributed by atoms with Gasteiger partial charge in [0.05, 0.1) is 29.7 Å². The van der Waals surface area contributed by atoms with E-state index in [0.717, 1.165) is 24.3 Å². The van der Waals surface area contributed by atoms with E-state index < -0.39 is 45.7 Å². The van der Waals surface area contributed by atoms with Crippen molar-refractivity contribution in [2.24, 2.45) is 5.92 Å². The van der Waals surface area contributed by atoms with Gasteiger partial charge in [-0.15, -0.1) is 0 Å². The number of urea groups is 1. The zero-order valence-electron chi connectivity index (χ0n) is 23.3. The number of hydrogen-bond acceptors (Lipinski definition) is 6. The van der Waals surface area contributed by atoms with Crippen LogP contribution in [0.2, 0.25) is 0 Å². The summed E-state index contributed by atoms with van der Waals surface area (Å²) in [6.07, 6.45) is -0.601. The fourth-order valence-electron chi connectivity index (χ4n) is 4.44. The molecule has 0 aromatic heterocycles. The molecule has 224 valence electrons. The molecule has 42 heavy (non-hydrogen) atoms. The van der Waals surface area contributed by atoms with Crippen molar-refractivity contribution in [1.82, 2.24) is 9.80 Å². The van der Waals surface area contributed by atoms with Crippen LogP contribution in [0.4, 0.5) is 25.0 Å². The van der Waals surface area contributed by atoms with Crippen molar-refractivity contribution in [2.45, 2.75) is 30.9 Å². The molecule has 1 aliphatic heterocycles. The average Bonchev–Trinajstić information content (AvgIpc) is 2.96. The van der Waals surface area contributed by atoms with Gasteiger partial charge >= 0.3 is 6.03 Å². The zero-order chi connectivity index (χ0) is 30.6. The summed E-state index contributed by atoms with van der Waals surface area (Å²) in [7, 11) is -2.52. The number of likely N-dealkylation sites (N-methyl/N-ethyl adjacent to an activating group) is 1. The van der Waals surface area contributed by atoms with Gasteiger partial charge in [-0.25, -0.2) is 22.0 Å². The van der Waals surface area contributed by atoms with Gasteiger partial charge in [0, 0.05) is 30.9 Å². The van der Waals surface area contributed by atoms with Crippen LogP contribution in [0.5, 0.6) is 5.75 Å². The minimum atomic E-state index is -4.09. The normalized spacial score (nSPS) is 17.8. The number of nitrogens with zero attached hydrogens (tertiary/aromatic N) is 2. The van der Waals surface area contributed by atoms with E-state index in [0.29, 0.717) is 5.69 Å². The Labute approximate surface area is 242 Å². The van der Waals surface area contributed by atoms with Crippen molar-refractivity contribution in [2.75, 3.05) is 36.8 Å². The number of carbonyl (C=O) groups is 2. The number of fused-ring (bicyclic) bond motifs is 1. The molecule has 3 aromatic carbocycles. The van der Waals surface area contributed by atoms with E-state index in [1.807, 2.05) is 6.92 Å². The van der Waals surface area contributed by atoms with Crippen LogP contribution in [0.3, 0.4) is 0 Å². The minimum Gasteiger partial charge on any atom is -0.487 e. The molecule has 0 radical (unpaired) electrons. The Morgan fingerprint density at radius 2 is 1.67 bits per heavy atom. The lowest BCUT2D eigenvalue weighted by atomic mass is 9.99. The number of rotatable bonds is 8. The van der Waals surface area contributed by atoms with E-state index in [2.05, 4.69) is 10.0 Å². The zero-order valence-corrected chi connectivity index (χ0v) is 24.1. The predicted molar refractivity (Wildman–Crippen MR) is 153 cm³/mol. The highest BCUT2D eigenvalue weighted by atomic mass is 32.2. The smallest absolute Gasteiger partial charge is 0.321 e. The Hall–Kier alpha value is -4.23. The molecular formula is C29H32F2N4O6S. The second-order valence-corrected chi connectivity index (χ2v) is 11.9. The maximum absolute atomic E-state index is 13.6. The third-order valence-electron chi connectivity index (χ3n) is 6.94. The molecule has 1 heterocycles. The number of sulfonamides is 1. The van der Waals surface area contributed by atoms with Crippen LogP contribution >= 0.6 is 0 Å². The van der Waals surface area contributed by atoms with Gasteiger partial charge < -0.3 is 25.0 Å². The van der Waals surface area contributed by atoms with Gasteiger partial charge in [0.15, 0.2) is 0 Å². The standard InChI is InChI=1S/C29H32F2N4O6S/c1-18-15-35(19(2)17-36)28(37)25-14-23(33-42(39,40)24-11-6-21(31)7-12-24)10-13-26(25)41-27(18)16-34(3)29(38)32-22-8-4-20(30)5-9-22/h4-14,18-19,27,33,36H,15-17H2,1-3H3,(H,32,38)/t18-,19+,27-/m0/s1. The highest BCUT2D eigenvalue weighted by molar-refractivity contribution is 7.92. The summed E-state index contributed by atoms with van der Waals surface area (Å²) in [5.41, 5.74) is 0.548. The molecule has 0 aliphatic carbocycles. The Bertz CT molecular complexity index is 1540. The maximum atomic E-state index is 13.6. The molecular weight excluding hydrogens is 570 g/mol. The van der Waals surface area contributed by atoms with E-state index in [1.165, 1.54) is 52.3 Å². The first kappa shape index (κ1) is 30.7. The first-order valence-corrected chi connectivity index (χ1v) is 14.6. The SMILES string of the molecule is C[C@H](CO)N1C[C@H](C)[C@H](CN(C)C(=O)Nc2ccc(F)cc2)Oc2ccc(NS(=O)(=O)c3ccc(F)cc3)cc2C1=O. The van der Waals surface area contributed by atoms with Crippen molar-refractivity contribution in [1.29, 1.82) is 0 Å². The van der Waals surface area contributed by atoms with Gasteiger partial charge in [0.25, 0.3) is 15.9 Å². The molecule has 3 N–H and O–H groups in total. The fraction of sp³-hybridized carbons (Fsp3) is 0.310. The van der Waals surface area contributed by atoms with Crippen LogP contribution in [-0.4, -0.2) is 74.2 Å². The van der Waals surface area contributed by atoms with Crippen molar-refractivity contribution in [3.63, 3.8) is 0 Å². The minimum absolute atomic E-state index is 0.0601. The van der Waals surface area contributed by atoms with Crippen molar-refractivity contribution < 1.29 is 36.6 Å². The number of aliphatic hydroxyl groups excluding tert-OH is 1. The lowest BCUT2D eigenvalue weighted by Crippen LogP contribution is -2.50. The topological polar surface area (TPSA) is 128 Å². The first-order valence-electron chi connectivity index (χ1n) is 13.2. The van der Waals surface area contributed by atoms with Crippen LogP contribution in [-0.2, 0) is 10.0 Å². The van der Waals surface area contributed by atoms with Gasteiger partial charge in [-0.2, -0.15) is 0 Å². The molecule has 3 atom stereocenters. The van der Waals surface area contributed by atoms with Crippen LogP contribution < -0.4 is 14.8 Å². The predicted octanol–water partition coefficient (Wildman–Crippen LogP) is 4.15. The molecule has 0 spiro atoms. The highest BCUT2D eigenvalue weighted by Gasteiger charge is 2.34. The van der Waals surface area contributed by atoms with E-state index in [9.17, 15) is 31.9 Å². The number of benzene rings is 3. The van der Waals surface area contributed by atoms with E-state index in [4.69, 9.17) is 4.74 Å². The number of amides is 3. The molecule has 0 fully saturated rings. The number of carbonyl (C=O) groups excluding carboxylic acids is 2. The average molecular weight is 603 g/mol. The second-order valence-electron chi connectivity index (χ2n) is 10.2. The van der Waals surface area contributed by atoms with E-state index >= 15 is 0 Å². The van der Waals surface area contributed by atoms with Crippen LogP contribution in [0.15, 0.2) is 71.6 Å². The molecule has 13 heteroatoms. The lowest BCUT2D eigenvalue weighted by molar-refractivity contribution is 0.0371. The van der Waals surface area contributed by atoms with Crippen molar-refractivity contribution in [3.05, 3.63) is 83.9 Å². The van der Waals surface area contributed by atoms with E-state index in [1.54, 1.807) is 14.0 Å². The summed E-state index contributed by atoms with van der Waals surface area (Å²) in [5, 5.41) is 12.6. The summed E-state index contributed by atoms with van der Waals surface area (Å²) in [6.45, 7) is 3.53. The summed E-state index contributed by atoms with van der Waals surface area (Å²) in [5.74, 6) is -1.60. The maximum Gasteiger partial charge on any atom is 0.321 e. The monoisotopic (exact) mass is 602 g/mol. The quantitative estimate of drug-likeness (QED) is 0.356. The molecule has 4 rings (SSSR count). The summed E-state index contributed by atoms with van der Waals surface area (Å²) in [6, 6.07) is 12.9. The number of anilines is 2. The Balaban J connectivity index is 1.61.